The number of rotatable bonds is 4. The van der Waals surface area contributed by atoms with Crippen molar-refractivity contribution in [3.8, 4) is 11.1 Å². The van der Waals surface area contributed by atoms with E-state index in [1.165, 1.54) is 0 Å². The Balaban J connectivity index is 1.57. The second-order valence-corrected chi connectivity index (χ2v) is 6.88. The summed E-state index contributed by atoms with van der Waals surface area (Å²) in [6, 6.07) is 15.8. The van der Waals surface area contributed by atoms with Crippen LogP contribution < -0.4 is 10.6 Å². The molecule has 2 aromatic carbocycles. The molecule has 5 nitrogen and oxygen atoms in total. The lowest BCUT2D eigenvalue weighted by molar-refractivity contribution is -0.142. The van der Waals surface area contributed by atoms with Gasteiger partial charge in [-0.1, -0.05) is 36.4 Å². The average molecular weight is 352 g/mol. The van der Waals surface area contributed by atoms with E-state index >= 15 is 0 Å². The highest BCUT2D eigenvalue weighted by molar-refractivity contribution is 5.90. The van der Waals surface area contributed by atoms with Gasteiger partial charge in [0.15, 0.2) is 0 Å². The van der Waals surface area contributed by atoms with Gasteiger partial charge < -0.3 is 15.7 Å². The number of carbonyl (C=O) groups is 2. The van der Waals surface area contributed by atoms with Crippen molar-refractivity contribution in [1.29, 1.82) is 0 Å². The first-order chi connectivity index (χ1) is 12.5. The Hall–Kier alpha value is -2.82. The third-order valence-corrected chi connectivity index (χ3v) is 4.98. The van der Waals surface area contributed by atoms with Crippen molar-refractivity contribution in [1.82, 2.24) is 5.32 Å². The van der Waals surface area contributed by atoms with E-state index in [9.17, 15) is 9.59 Å². The van der Waals surface area contributed by atoms with Crippen molar-refractivity contribution >= 4 is 17.7 Å². The van der Waals surface area contributed by atoms with Gasteiger partial charge in [-0.15, -0.1) is 0 Å². The van der Waals surface area contributed by atoms with Gasteiger partial charge in [-0.2, -0.15) is 0 Å². The van der Waals surface area contributed by atoms with Gasteiger partial charge in [0.1, 0.15) is 0 Å². The predicted octanol–water partition coefficient (Wildman–Crippen LogP) is 4.43. The minimum absolute atomic E-state index is 0.0373. The zero-order chi connectivity index (χ0) is 18.5. The van der Waals surface area contributed by atoms with E-state index in [0.29, 0.717) is 25.7 Å². The number of nitrogens with one attached hydrogen (secondary N) is 2. The largest absolute Gasteiger partial charge is 0.481 e. The molecular weight excluding hydrogens is 328 g/mol. The first kappa shape index (κ1) is 18.0. The summed E-state index contributed by atoms with van der Waals surface area (Å²) in [5, 5.41) is 14.9. The van der Waals surface area contributed by atoms with E-state index in [-0.39, 0.29) is 18.0 Å². The normalized spacial score (nSPS) is 19.6. The third-order valence-electron chi connectivity index (χ3n) is 4.98. The maximum atomic E-state index is 12.2. The molecule has 136 valence electrons. The molecule has 0 atom stereocenters. The number of carboxylic acid groups (broad SMARTS) is 1. The number of anilines is 1. The van der Waals surface area contributed by atoms with Crippen LogP contribution in [0.15, 0.2) is 48.5 Å². The molecular formula is C21H24N2O3. The number of hydrogen-bond acceptors (Lipinski definition) is 2. The fourth-order valence-corrected chi connectivity index (χ4v) is 3.52. The highest BCUT2D eigenvalue weighted by Gasteiger charge is 2.26. The smallest absolute Gasteiger partial charge is 0.319 e. The molecule has 26 heavy (non-hydrogen) atoms. The van der Waals surface area contributed by atoms with Crippen LogP contribution >= 0.6 is 0 Å². The molecule has 1 fully saturated rings. The van der Waals surface area contributed by atoms with Crippen molar-refractivity contribution < 1.29 is 14.7 Å². The number of carboxylic acids is 1. The molecule has 0 spiro atoms. The molecule has 0 aromatic heterocycles. The van der Waals surface area contributed by atoms with E-state index < -0.39 is 5.97 Å². The minimum Gasteiger partial charge on any atom is -0.481 e. The topological polar surface area (TPSA) is 78.4 Å². The maximum absolute atomic E-state index is 12.2. The Labute approximate surface area is 153 Å². The van der Waals surface area contributed by atoms with Crippen LogP contribution in [0.3, 0.4) is 0 Å². The second kappa shape index (κ2) is 8.04. The zero-order valence-electron chi connectivity index (χ0n) is 14.9. The average Bonchev–Trinajstić information content (AvgIpc) is 2.63. The van der Waals surface area contributed by atoms with Crippen molar-refractivity contribution in [3.63, 3.8) is 0 Å². The highest BCUT2D eigenvalue weighted by atomic mass is 16.4. The molecule has 0 unspecified atom stereocenters. The molecule has 0 aliphatic heterocycles. The minimum atomic E-state index is -0.734. The van der Waals surface area contributed by atoms with Gasteiger partial charge in [-0.3, -0.25) is 4.79 Å². The number of carbonyl (C=O) groups excluding carboxylic acids is 1. The number of urea groups is 1. The van der Waals surface area contributed by atoms with E-state index in [4.69, 9.17) is 5.11 Å². The monoisotopic (exact) mass is 352 g/mol. The lowest BCUT2D eigenvalue weighted by atomic mass is 9.86. The first-order valence-electron chi connectivity index (χ1n) is 8.99. The van der Waals surface area contributed by atoms with E-state index in [1.54, 1.807) is 0 Å². The molecule has 0 radical (unpaired) electrons. The summed E-state index contributed by atoms with van der Waals surface area (Å²) in [7, 11) is 0. The molecule has 1 aliphatic rings. The summed E-state index contributed by atoms with van der Waals surface area (Å²) in [4.78, 5) is 23.2. The molecule has 0 saturated heterocycles. The maximum Gasteiger partial charge on any atom is 0.319 e. The Kier molecular flexibility index (Phi) is 5.56. The zero-order valence-corrected chi connectivity index (χ0v) is 14.9. The first-order valence-corrected chi connectivity index (χ1v) is 8.99. The number of amides is 2. The summed E-state index contributed by atoms with van der Waals surface area (Å²) in [6.45, 7) is 2.03. The predicted molar refractivity (Wildman–Crippen MR) is 102 cm³/mol. The summed E-state index contributed by atoms with van der Waals surface area (Å²) in [5.74, 6) is -1.01. The van der Waals surface area contributed by atoms with Gasteiger partial charge in [-0.05, 0) is 61.4 Å². The Bertz CT molecular complexity index is 781. The fraction of sp³-hybridized carbons (Fsp3) is 0.333. The number of aryl methyl sites for hydroxylation is 1. The Morgan fingerprint density at radius 2 is 1.69 bits per heavy atom. The van der Waals surface area contributed by atoms with Gasteiger partial charge in [-0.25, -0.2) is 4.79 Å². The molecule has 0 bridgehead atoms. The third kappa shape index (κ3) is 4.42. The van der Waals surface area contributed by atoms with Gasteiger partial charge in [0, 0.05) is 11.7 Å². The molecule has 2 aromatic rings. The fourth-order valence-electron chi connectivity index (χ4n) is 3.52. The second-order valence-electron chi connectivity index (χ2n) is 6.88. The van der Waals surface area contributed by atoms with E-state index in [0.717, 1.165) is 22.4 Å². The van der Waals surface area contributed by atoms with Crippen LogP contribution in [-0.2, 0) is 4.79 Å². The van der Waals surface area contributed by atoms with Crippen LogP contribution in [0.2, 0.25) is 0 Å². The number of aliphatic carboxylic acids is 1. The summed E-state index contributed by atoms with van der Waals surface area (Å²) >= 11 is 0. The number of benzene rings is 2. The lowest BCUT2D eigenvalue weighted by Crippen LogP contribution is -2.40. The number of hydrogen-bond donors (Lipinski definition) is 3. The van der Waals surface area contributed by atoms with Crippen molar-refractivity contribution in [2.45, 2.75) is 38.6 Å². The van der Waals surface area contributed by atoms with Crippen LogP contribution in [0.25, 0.3) is 11.1 Å². The highest BCUT2D eigenvalue weighted by Crippen LogP contribution is 2.26. The molecule has 3 N–H and O–H groups in total. The molecule has 0 heterocycles. The summed E-state index contributed by atoms with van der Waals surface area (Å²) in [5.41, 5.74) is 4.13. The SMILES string of the molecule is Cc1cc(NC(=O)NC2CCC(C(=O)O)CC2)ccc1-c1ccccc1. The molecule has 3 rings (SSSR count). The lowest BCUT2D eigenvalue weighted by Gasteiger charge is -2.26. The standard InChI is InChI=1S/C21H24N2O3/c1-14-13-18(11-12-19(14)15-5-3-2-4-6-15)23-21(26)22-17-9-7-16(8-10-17)20(24)25/h2-6,11-13,16-17H,7-10H2,1H3,(H,24,25)(H2,22,23,26). The van der Waals surface area contributed by atoms with Crippen LogP contribution in [-0.4, -0.2) is 23.1 Å². The van der Waals surface area contributed by atoms with Gasteiger partial charge >= 0.3 is 12.0 Å². The van der Waals surface area contributed by atoms with E-state index in [1.807, 2.05) is 43.3 Å². The van der Waals surface area contributed by atoms with Crippen LogP contribution in [0.5, 0.6) is 0 Å². The van der Waals surface area contributed by atoms with Crippen molar-refractivity contribution in [2.75, 3.05) is 5.32 Å². The van der Waals surface area contributed by atoms with Crippen LogP contribution in [0.1, 0.15) is 31.2 Å². The van der Waals surface area contributed by atoms with E-state index in [2.05, 4.69) is 22.8 Å². The Morgan fingerprint density at radius 3 is 2.31 bits per heavy atom. The van der Waals surface area contributed by atoms with Gasteiger partial charge in [0.25, 0.3) is 0 Å². The van der Waals surface area contributed by atoms with Gasteiger partial charge in [0.2, 0.25) is 0 Å². The molecule has 2 amide bonds. The summed E-state index contributed by atoms with van der Waals surface area (Å²) in [6.07, 6.45) is 2.64. The van der Waals surface area contributed by atoms with Crippen LogP contribution in [0.4, 0.5) is 10.5 Å². The van der Waals surface area contributed by atoms with Crippen molar-refractivity contribution in [3.05, 3.63) is 54.1 Å². The van der Waals surface area contributed by atoms with Gasteiger partial charge in [0.05, 0.1) is 5.92 Å². The van der Waals surface area contributed by atoms with Crippen molar-refractivity contribution in [2.24, 2.45) is 5.92 Å². The Morgan fingerprint density at radius 1 is 1.00 bits per heavy atom. The molecule has 5 heteroatoms. The molecule has 1 aliphatic carbocycles. The summed E-state index contributed by atoms with van der Waals surface area (Å²) < 4.78 is 0. The molecule has 1 saturated carbocycles. The quantitative estimate of drug-likeness (QED) is 0.762. The van der Waals surface area contributed by atoms with Crippen LogP contribution in [0, 0.1) is 12.8 Å².